The average molecular weight is 408 g/mol. The van der Waals surface area contributed by atoms with E-state index in [-0.39, 0.29) is 17.4 Å². The molecular weight excluding hydrogens is 395 g/mol. The third-order valence-electron chi connectivity index (χ3n) is 3.65. The van der Waals surface area contributed by atoms with Crippen molar-refractivity contribution in [3.8, 4) is 11.5 Å². The first-order valence-electron chi connectivity index (χ1n) is 7.00. The monoisotopic (exact) mass is 408 g/mol. The molecule has 0 saturated carbocycles. The molecule has 0 spiro atoms. The van der Waals surface area contributed by atoms with Crippen LogP contribution in [0.4, 0.5) is 5.69 Å². The maximum absolute atomic E-state index is 12.8. The summed E-state index contributed by atoms with van der Waals surface area (Å²) >= 11 is 8.79. The van der Waals surface area contributed by atoms with Gasteiger partial charge in [-0.15, -0.1) is 0 Å². The molecule has 0 aliphatic carbocycles. The van der Waals surface area contributed by atoms with Crippen molar-refractivity contribution in [3.63, 3.8) is 0 Å². The Labute approximate surface area is 151 Å². The molecule has 1 aliphatic rings. The summed E-state index contributed by atoms with van der Waals surface area (Å²) in [6, 6.07) is 11.2. The van der Waals surface area contributed by atoms with Crippen LogP contribution in [0.1, 0.15) is 5.56 Å². The summed E-state index contributed by atoms with van der Waals surface area (Å²) in [6.07, 6.45) is 1.57. The van der Waals surface area contributed by atoms with E-state index in [0.29, 0.717) is 26.6 Å². The predicted octanol–water partition coefficient (Wildman–Crippen LogP) is 2.33. The molecule has 2 aromatic rings. The number of carbonyl (C=O) groups is 1. The normalized spacial score (nSPS) is 16.3. The van der Waals surface area contributed by atoms with E-state index in [1.54, 1.807) is 48.4 Å². The molecule has 122 valence electrons. The number of hydrogen-bond acceptors (Lipinski definition) is 4. The van der Waals surface area contributed by atoms with Crippen LogP contribution >= 0.6 is 11.6 Å². The van der Waals surface area contributed by atoms with Crippen LogP contribution in [-0.2, 0) is 4.79 Å². The molecule has 1 amide bonds. The molecule has 3 rings (SSSR count). The van der Waals surface area contributed by atoms with E-state index < -0.39 is 0 Å². The summed E-state index contributed by atoms with van der Waals surface area (Å²) in [6.45, 7) is 0. The molecule has 1 fully saturated rings. The van der Waals surface area contributed by atoms with Crippen molar-refractivity contribution in [1.29, 1.82) is 0 Å². The van der Waals surface area contributed by atoms with E-state index >= 15 is 0 Å². The van der Waals surface area contributed by atoms with Gasteiger partial charge in [0.1, 0.15) is 0 Å². The van der Waals surface area contributed by atoms with Crippen molar-refractivity contribution in [1.82, 2.24) is 4.90 Å². The van der Waals surface area contributed by atoms with Crippen molar-refractivity contribution in [2.75, 3.05) is 11.9 Å². The van der Waals surface area contributed by atoms with Crippen LogP contribution in [0.5, 0.6) is 11.5 Å². The fraction of sp³-hybridized carbons (Fsp3) is 0.0588. The van der Waals surface area contributed by atoms with Crippen molar-refractivity contribution in [3.05, 3.63) is 58.7 Å². The van der Waals surface area contributed by atoms with Gasteiger partial charge in [-0.3, -0.25) is 0 Å². The molecule has 0 bridgehead atoms. The number of halogens is 1. The first kappa shape index (κ1) is 16.6. The Morgan fingerprint density at radius 2 is 1.79 bits per heavy atom. The summed E-state index contributed by atoms with van der Waals surface area (Å²) in [7, 11) is 1.75. The van der Waals surface area contributed by atoms with Gasteiger partial charge < -0.3 is 0 Å². The van der Waals surface area contributed by atoms with Crippen LogP contribution in [0.3, 0.4) is 0 Å². The summed E-state index contributed by atoms with van der Waals surface area (Å²) in [5.74, 6) is -0.379. The van der Waals surface area contributed by atoms with Crippen LogP contribution in [0.2, 0.25) is 5.02 Å². The summed E-state index contributed by atoms with van der Waals surface area (Å²) in [5.41, 5.74) is 1.51. The molecule has 0 radical (unpaired) electrons. The molecule has 5 nitrogen and oxygen atoms in total. The number of phenolic OH excluding ortho intramolecular Hbond substituents is 2. The average Bonchev–Trinajstić information content (AvgIpc) is 2.74. The van der Waals surface area contributed by atoms with Crippen LogP contribution < -0.4 is 4.90 Å². The second kappa shape index (κ2) is 6.32. The molecule has 0 unspecified atom stereocenters. The molecule has 2 aromatic carbocycles. The summed E-state index contributed by atoms with van der Waals surface area (Å²) in [4.78, 5) is 16.0. The van der Waals surface area contributed by atoms with E-state index in [0.717, 1.165) is 0 Å². The second-order valence-corrected chi connectivity index (χ2v) is 6.43. The van der Waals surface area contributed by atoms with Gasteiger partial charge in [0.15, 0.2) is 0 Å². The number of anilines is 1. The zero-order valence-electron chi connectivity index (χ0n) is 12.6. The molecule has 0 aromatic heterocycles. The van der Waals surface area contributed by atoms with Crippen molar-refractivity contribution < 1.29 is 15.0 Å². The molecule has 1 aliphatic heterocycles. The Bertz CT molecular complexity index is 865. The van der Waals surface area contributed by atoms with Crippen LogP contribution in [0.15, 0.2) is 48.2 Å². The number of amides is 1. The van der Waals surface area contributed by atoms with Gasteiger partial charge >= 0.3 is 152 Å². The van der Waals surface area contributed by atoms with E-state index in [1.165, 1.54) is 17.0 Å². The SMILES string of the molecule is CN1C(=[Se])N(c2ccc(Cl)cc2)C(=O)C1=Cc1ccc(O)cc1O. The van der Waals surface area contributed by atoms with Crippen molar-refractivity contribution in [2.24, 2.45) is 0 Å². The van der Waals surface area contributed by atoms with Gasteiger partial charge in [-0.05, 0) is 0 Å². The van der Waals surface area contributed by atoms with Crippen LogP contribution in [0, 0.1) is 0 Å². The Morgan fingerprint density at radius 1 is 1.12 bits per heavy atom. The van der Waals surface area contributed by atoms with Crippen LogP contribution in [0.25, 0.3) is 6.08 Å². The minimum atomic E-state index is -0.235. The fourth-order valence-electron chi connectivity index (χ4n) is 2.38. The zero-order chi connectivity index (χ0) is 17.4. The molecule has 24 heavy (non-hydrogen) atoms. The predicted molar refractivity (Wildman–Crippen MR) is 95.2 cm³/mol. The quantitative estimate of drug-likeness (QED) is 0.592. The van der Waals surface area contributed by atoms with Gasteiger partial charge in [0.2, 0.25) is 0 Å². The third kappa shape index (κ3) is 2.91. The van der Waals surface area contributed by atoms with Gasteiger partial charge in [-0.1, -0.05) is 0 Å². The van der Waals surface area contributed by atoms with Gasteiger partial charge in [-0.2, -0.15) is 0 Å². The molecule has 7 heteroatoms. The van der Waals surface area contributed by atoms with E-state index in [2.05, 4.69) is 15.6 Å². The molecule has 1 saturated heterocycles. The van der Waals surface area contributed by atoms with Gasteiger partial charge in [-0.25, -0.2) is 0 Å². The first-order chi connectivity index (χ1) is 11.4. The number of phenols is 2. The molecule has 2 N–H and O–H groups in total. The van der Waals surface area contributed by atoms with E-state index in [4.69, 9.17) is 11.6 Å². The van der Waals surface area contributed by atoms with Gasteiger partial charge in [0.05, 0.1) is 0 Å². The van der Waals surface area contributed by atoms with Gasteiger partial charge in [0.25, 0.3) is 0 Å². The number of hydrogen-bond donors (Lipinski definition) is 2. The number of rotatable bonds is 2. The second-order valence-electron chi connectivity index (χ2n) is 5.23. The Kier molecular flexibility index (Phi) is 4.37. The topological polar surface area (TPSA) is 64.0 Å². The third-order valence-corrected chi connectivity index (χ3v) is 4.86. The van der Waals surface area contributed by atoms with Crippen LogP contribution in [-0.4, -0.2) is 48.3 Å². The maximum atomic E-state index is 12.8. The summed E-state index contributed by atoms with van der Waals surface area (Å²) in [5, 5.41) is 19.9. The Morgan fingerprint density at radius 3 is 2.42 bits per heavy atom. The number of aromatic hydroxyl groups is 2. The fourth-order valence-corrected chi connectivity index (χ4v) is 3.10. The number of nitrogens with zero attached hydrogens (tertiary/aromatic N) is 2. The molecule has 0 atom stereocenters. The van der Waals surface area contributed by atoms with Gasteiger partial charge in [0, 0.05) is 0 Å². The van der Waals surface area contributed by atoms with Crippen molar-refractivity contribution >= 4 is 49.5 Å². The van der Waals surface area contributed by atoms with E-state index in [9.17, 15) is 15.0 Å². The van der Waals surface area contributed by atoms with Crippen molar-refractivity contribution in [2.45, 2.75) is 0 Å². The molecular formula is C17H13ClN2O3Se. The minimum absolute atomic E-state index is 0.0420. The zero-order valence-corrected chi connectivity index (χ0v) is 15.1. The van der Waals surface area contributed by atoms with E-state index in [1.807, 2.05) is 0 Å². The Balaban J connectivity index is 2.01. The number of benzene rings is 2. The standard InChI is InChI=1S/C17H13ClN2O3Se/c1-19-14(8-10-2-7-13(21)9-15(10)22)16(23)20(17(19)24)12-5-3-11(18)4-6-12/h2-9,21-22H,1H3. The number of carbonyl (C=O) groups excluding carboxylic acids is 1. The first-order valence-corrected chi connectivity index (χ1v) is 8.23. The Hall–Kier alpha value is -2.27. The molecule has 1 heterocycles. The summed E-state index contributed by atoms with van der Waals surface area (Å²) < 4.78 is 0.617. The number of likely N-dealkylation sites (N-methyl/N-ethyl adjacent to an activating group) is 1.